The van der Waals surface area contributed by atoms with Gasteiger partial charge in [0.1, 0.15) is 0 Å². The van der Waals surface area contributed by atoms with E-state index in [-0.39, 0.29) is 0 Å². The molecule has 1 aromatic carbocycles. The van der Waals surface area contributed by atoms with Crippen molar-refractivity contribution in [2.75, 3.05) is 6.54 Å². The summed E-state index contributed by atoms with van der Waals surface area (Å²) in [5, 5.41) is 4.81. The molecule has 0 saturated carbocycles. The summed E-state index contributed by atoms with van der Waals surface area (Å²) in [5.74, 6) is 0.791. The Morgan fingerprint density at radius 1 is 1.21 bits per heavy atom. The Balaban J connectivity index is 2.21. The van der Waals surface area contributed by atoms with Crippen LogP contribution in [0.3, 0.4) is 0 Å². The van der Waals surface area contributed by atoms with E-state index in [2.05, 4.69) is 61.0 Å². The molecule has 1 aromatic heterocycles. The number of para-hydroxylation sites is 1. The minimum atomic E-state index is 0.791. The van der Waals surface area contributed by atoms with Gasteiger partial charge in [-0.1, -0.05) is 39.0 Å². The lowest BCUT2D eigenvalue weighted by atomic mass is 10.1. The number of rotatable bonds is 7. The second-order valence-electron chi connectivity index (χ2n) is 5.66. The van der Waals surface area contributed by atoms with Gasteiger partial charge in [-0.15, -0.1) is 0 Å². The molecule has 0 bridgehead atoms. The van der Waals surface area contributed by atoms with Crippen LogP contribution >= 0.6 is 0 Å². The highest BCUT2D eigenvalue weighted by Crippen LogP contribution is 2.21. The van der Waals surface area contributed by atoms with Gasteiger partial charge in [-0.05, 0) is 42.8 Å². The lowest BCUT2D eigenvalue weighted by Gasteiger charge is -2.12. The first-order chi connectivity index (χ1) is 9.22. The molecule has 0 unspecified atom stereocenters. The van der Waals surface area contributed by atoms with Crippen LogP contribution in [-0.4, -0.2) is 11.1 Å². The van der Waals surface area contributed by atoms with Crippen LogP contribution in [0.4, 0.5) is 0 Å². The zero-order chi connectivity index (χ0) is 13.7. The summed E-state index contributed by atoms with van der Waals surface area (Å²) >= 11 is 0. The number of hydrogen-bond donors (Lipinski definition) is 1. The molecule has 0 aliphatic rings. The highest BCUT2D eigenvalue weighted by atomic mass is 15.0. The molecule has 2 rings (SSSR count). The van der Waals surface area contributed by atoms with Crippen LogP contribution in [-0.2, 0) is 13.1 Å². The molecular weight excluding hydrogens is 232 g/mol. The van der Waals surface area contributed by atoms with E-state index < -0.39 is 0 Å². The molecule has 2 heteroatoms. The van der Waals surface area contributed by atoms with Crippen molar-refractivity contribution < 1.29 is 0 Å². The standard InChI is InChI=1S/C17H26N2/c1-4-18-13-16-12-15-9-5-6-10-17(15)19(16)11-7-8-14(2)3/h5-6,9-10,12,14,18H,4,7-8,11,13H2,1-3H3. The zero-order valence-electron chi connectivity index (χ0n) is 12.4. The van der Waals surface area contributed by atoms with E-state index in [4.69, 9.17) is 0 Å². The van der Waals surface area contributed by atoms with Crippen LogP contribution in [0.25, 0.3) is 10.9 Å². The van der Waals surface area contributed by atoms with Crippen molar-refractivity contribution in [2.24, 2.45) is 5.92 Å². The number of nitrogens with zero attached hydrogens (tertiary/aromatic N) is 1. The third-order valence-corrected chi connectivity index (χ3v) is 3.62. The molecule has 1 heterocycles. The van der Waals surface area contributed by atoms with Crippen molar-refractivity contribution in [3.05, 3.63) is 36.0 Å². The van der Waals surface area contributed by atoms with Gasteiger partial charge in [0.2, 0.25) is 0 Å². The Labute approximate surface area is 116 Å². The average molecular weight is 258 g/mol. The quantitative estimate of drug-likeness (QED) is 0.788. The van der Waals surface area contributed by atoms with Gasteiger partial charge >= 0.3 is 0 Å². The number of aryl methyl sites for hydroxylation is 1. The van der Waals surface area contributed by atoms with E-state index in [1.807, 2.05) is 0 Å². The van der Waals surface area contributed by atoms with Crippen LogP contribution in [0.5, 0.6) is 0 Å². The van der Waals surface area contributed by atoms with Gasteiger partial charge in [0.05, 0.1) is 0 Å². The molecule has 1 N–H and O–H groups in total. The Hall–Kier alpha value is -1.28. The minimum Gasteiger partial charge on any atom is -0.343 e. The molecule has 0 aliphatic heterocycles. The van der Waals surface area contributed by atoms with E-state index in [0.29, 0.717) is 0 Å². The molecule has 0 radical (unpaired) electrons. The monoisotopic (exact) mass is 258 g/mol. The Kier molecular flexibility index (Phi) is 5.03. The predicted octanol–water partition coefficient (Wildman–Crippen LogP) is 4.19. The first-order valence-electron chi connectivity index (χ1n) is 7.50. The zero-order valence-corrected chi connectivity index (χ0v) is 12.4. The van der Waals surface area contributed by atoms with Crippen LogP contribution in [0.15, 0.2) is 30.3 Å². The Morgan fingerprint density at radius 3 is 2.74 bits per heavy atom. The molecule has 2 aromatic rings. The van der Waals surface area contributed by atoms with Crippen LogP contribution in [0.1, 0.15) is 39.3 Å². The highest BCUT2D eigenvalue weighted by molar-refractivity contribution is 5.81. The lowest BCUT2D eigenvalue weighted by Crippen LogP contribution is -2.15. The van der Waals surface area contributed by atoms with Gasteiger partial charge in [0.25, 0.3) is 0 Å². The first kappa shape index (κ1) is 14.1. The van der Waals surface area contributed by atoms with Crippen LogP contribution < -0.4 is 5.32 Å². The maximum atomic E-state index is 3.44. The van der Waals surface area contributed by atoms with Crippen molar-refractivity contribution in [3.63, 3.8) is 0 Å². The number of aromatic nitrogens is 1. The number of fused-ring (bicyclic) bond motifs is 1. The third-order valence-electron chi connectivity index (χ3n) is 3.62. The van der Waals surface area contributed by atoms with Gasteiger partial charge in [0, 0.05) is 24.3 Å². The molecule has 0 spiro atoms. The van der Waals surface area contributed by atoms with Gasteiger partial charge in [-0.2, -0.15) is 0 Å². The fraction of sp³-hybridized carbons (Fsp3) is 0.529. The largest absolute Gasteiger partial charge is 0.343 e. The maximum Gasteiger partial charge on any atom is 0.0482 e. The van der Waals surface area contributed by atoms with Gasteiger partial charge in [-0.25, -0.2) is 0 Å². The van der Waals surface area contributed by atoms with E-state index in [1.165, 1.54) is 29.4 Å². The Morgan fingerprint density at radius 2 is 2.00 bits per heavy atom. The number of nitrogens with one attached hydrogen (secondary N) is 1. The molecule has 0 aliphatic carbocycles. The van der Waals surface area contributed by atoms with Gasteiger partial charge in [0.15, 0.2) is 0 Å². The van der Waals surface area contributed by atoms with E-state index in [1.54, 1.807) is 0 Å². The second kappa shape index (κ2) is 6.76. The fourth-order valence-corrected chi connectivity index (χ4v) is 2.59. The molecule has 104 valence electrons. The smallest absolute Gasteiger partial charge is 0.0482 e. The molecule has 0 amide bonds. The van der Waals surface area contributed by atoms with E-state index in [0.717, 1.165) is 25.6 Å². The normalized spacial score (nSPS) is 11.6. The third kappa shape index (κ3) is 3.60. The summed E-state index contributed by atoms with van der Waals surface area (Å²) in [6.07, 6.45) is 2.56. The fourth-order valence-electron chi connectivity index (χ4n) is 2.59. The summed E-state index contributed by atoms with van der Waals surface area (Å²) in [6.45, 7) is 9.87. The lowest BCUT2D eigenvalue weighted by molar-refractivity contribution is 0.508. The molecule has 0 atom stereocenters. The maximum absolute atomic E-state index is 3.44. The molecule has 19 heavy (non-hydrogen) atoms. The number of benzene rings is 1. The van der Waals surface area contributed by atoms with Crippen molar-refractivity contribution >= 4 is 10.9 Å². The first-order valence-corrected chi connectivity index (χ1v) is 7.50. The summed E-state index contributed by atoms with van der Waals surface area (Å²) in [5.41, 5.74) is 2.78. The van der Waals surface area contributed by atoms with Gasteiger partial charge < -0.3 is 9.88 Å². The SMILES string of the molecule is CCNCc1cc2ccccc2n1CCCC(C)C. The molecule has 0 fully saturated rings. The van der Waals surface area contributed by atoms with Crippen molar-refractivity contribution in [2.45, 2.75) is 46.7 Å². The van der Waals surface area contributed by atoms with Crippen molar-refractivity contribution in [3.8, 4) is 0 Å². The molecular formula is C17H26N2. The second-order valence-corrected chi connectivity index (χ2v) is 5.66. The average Bonchev–Trinajstić information content (AvgIpc) is 2.74. The van der Waals surface area contributed by atoms with Crippen molar-refractivity contribution in [1.82, 2.24) is 9.88 Å². The molecule has 0 saturated heterocycles. The van der Waals surface area contributed by atoms with Crippen LogP contribution in [0.2, 0.25) is 0 Å². The van der Waals surface area contributed by atoms with Crippen molar-refractivity contribution in [1.29, 1.82) is 0 Å². The minimum absolute atomic E-state index is 0.791. The molecule has 2 nitrogen and oxygen atoms in total. The van der Waals surface area contributed by atoms with E-state index >= 15 is 0 Å². The van der Waals surface area contributed by atoms with Gasteiger partial charge in [-0.3, -0.25) is 0 Å². The van der Waals surface area contributed by atoms with Crippen LogP contribution in [0, 0.1) is 5.92 Å². The van der Waals surface area contributed by atoms with E-state index in [9.17, 15) is 0 Å². The topological polar surface area (TPSA) is 17.0 Å². The summed E-state index contributed by atoms with van der Waals surface area (Å²) in [4.78, 5) is 0. The highest BCUT2D eigenvalue weighted by Gasteiger charge is 2.07. The summed E-state index contributed by atoms with van der Waals surface area (Å²) in [7, 11) is 0. The number of hydrogen-bond acceptors (Lipinski definition) is 1. The predicted molar refractivity (Wildman–Crippen MR) is 83.4 cm³/mol. The Bertz CT molecular complexity index is 511. The summed E-state index contributed by atoms with van der Waals surface area (Å²) < 4.78 is 2.49. The summed E-state index contributed by atoms with van der Waals surface area (Å²) in [6, 6.07) is 11.0.